The molecule has 0 atom stereocenters. The summed E-state index contributed by atoms with van der Waals surface area (Å²) >= 11 is 1.10. The third kappa shape index (κ3) is 2.59. The molecule has 0 aliphatic carbocycles. The molecule has 0 saturated carbocycles. The molecule has 0 fully saturated rings. The van der Waals surface area contributed by atoms with Crippen molar-refractivity contribution in [3.63, 3.8) is 0 Å². The van der Waals surface area contributed by atoms with Gasteiger partial charge in [0.05, 0.1) is 11.2 Å². The van der Waals surface area contributed by atoms with Crippen molar-refractivity contribution < 1.29 is 0 Å². The molecule has 0 aliphatic heterocycles. The lowest BCUT2D eigenvalue weighted by molar-refractivity contribution is 0.497. The van der Waals surface area contributed by atoms with Crippen LogP contribution in [-0.2, 0) is 6.54 Å². The van der Waals surface area contributed by atoms with Crippen LogP contribution in [0.15, 0.2) is 34.0 Å². The number of fused-ring (bicyclic) bond motifs is 1. The first-order chi connectivity index (χ1) is 10.6. The zero-order valence-corrected chi connectivity index (χ0v) is 13.2. The summed E-state index contributed by atoms with van der Waals surface area (Å²) in [6.45, 7) is 4.53. The van der Waals surface area contributed by atoms with Gasteiger partial charge in [-0.3, -0.25) is 14.3 Å². The van der Waals surface area contributed by atoms with Crippen LogP contribution in [0.2, 0.25) is 0 Å². The van der Waals surface area contributed by atoms with Crippen molar-refractivity contribution in [1.29, 1.82) is 0 Å². The van der Waals surface area contributed by atoms with Crippen molar-refractivity contribution in [3.8, 4) is 11.4 Å². The van der Waals surface area contributed by atoms with E-state index in [1.807, 2.05) is 6.07 Å². The minimum atomic E-state index is -0.393. The lowest BCUT2D eigenvalue weighted by Gasteiger charge is -2.06. The van der Waals surface area contributed by atoms with E-state index in [2.05, 4.69) is 28.2 Å². The molecule has 3 heterocycles. The highest BCUT2D eigenvalue weighted by molar-refractivity contribution is 7.13. The van der Waals surface area contributed by atoms with Gasteiger partial charge in [-0.2, -0.15) is 4.37 Å². The van der Waals surface area contributed by atoms with Gasteiger partial charge in [-0.25, -0.2) is 4.79 Å². The van der Waals surface area contributed by atoms with E-state index in [9.17, 15) is 9.59 Å². The van der Waals surface area contributed by atoms with E-state index in [0.29, 0.717) is 34.1 Å². The summed E-state index contributed by atoms with van der Waals surface area (Å²) in [6.07, 6.45) is 2.43. The minimum Gasteiger partial charge on any atom is -0.304 e. The molecule has 6 nitrogen and oxygen atoms in total. The van der Waals surface area contributed by atoms with Crippen LogP contribution in [0.5, 0.6) is 0 Å². The third-order valence-electron chi connectivity index (χ3n) is 3.45. The molecular formula is C15H16N4O2S. The molecule has 0 amide bonds. The van der Waals surface area contributed by atoms with Crippen LogP contribution in [0.4, 0.5) is 0 Å². The molecule has 3 aromatic heterocycles. The van der Waals surface area contributed by atoms with E-state index in [1.54, 1.807) is 18.3 Å². The number of hydrogen-bond acceptors (Lipinski definition) is 5. The average molecular weight is 316 g/mol. The first-order valence-corrected chi connectivity index (χ1v) is 7.89. The Labute approximate surface area is 130 Å². The van der Waals surface area contributed by atoms with Crippen LogP contribution in [0, 0.1) is 5.92 Å². The molecule has 1 N–H and O–H groups in total. The summed E-state index contributed by atoms with van der Waals surface area (Å²) in [4.78, 5) is 31.7. The molecule has 3 aromatic rings. The van der Waals surface area contributed by atoms with Crippen molar-refractivity contribution >= 4 is 21.7 Å². The predicted octanol–water partition coefficient (Wildman–Crippen LogP) is 2.25. The topological polar surface area (TPSA) is 80.6 Å². The van der Waals surface area contributed by atoms with E-state index >= 15 is 0 Å². The molecule has 0 spiro atoms. The largest absolute Gasteiger partial charge is 0.328 e. The normalized spacial score (nSPS) is 11.4. The average Bonchev–Trinajstić information content (AvgIpc) is 2.91. The maximum absolute atomic E-state index is 12.5. The Morgan fingerprint density at radius 2 is 2.14 bits per heavy atom. The smallest absolute Gasteiger partial charge is 0.304 e. The number of H-pyrrole nitrogens is 1. The zero-order chi connectivity index (χ0) is 15.7. The van der Waals surface area contributed by atoms with Crippen molar-refractivity contribution in [2.24, 2.45) is 5.92 Å². The molecule has 0 radical (unpaired) electrons. The van der Waals surface area contributed by atoms with Gasteiger partial charge in [0, 0.05) is 12.7 Å². The fourth-order valence-corrected chi connectivity index (χ4v) is 3.00. The number of rotatable bonds is 4. The highest BCUT2D eigenvalue weighted by Gasteiger charge is 2.16. The van der Waals surface area contributed by atoms with Gasteiger partial charge in [-0.15, -0.1) is 0 Å². The zero-order valence-electron chi connectivity index (χ0n) is 12.4. The van der Waals surface area contributed by atoms with E-state index in [1.165, 1.54) is 4.57 Å². The number of aromatic amines is 1. The molecule has 0 aromatic carbocycles. The SMILES string of the molecule is CC(C)CCn1c(=O)[nH]c2c(-c3ccccn3)nsc2c1=O. The van der Waals surface area contributed by atoms with Gasteiger partial charge in [-0.1, -0.05) is 19.9 Å². The van der Waals surface area contributed by atoms with Crippen molar-refractivity contribution in [2.45, 2.75) is 26.8 Å². The van der Waals surface area contributed by atoms with Crippen LogP contribution < -0.4 is 11.2 Å². The van der Waals surface area contributed by atoms with Crippen molar-refractivity contribution in [2.75, 3.05) is 0 Å². The van der Waals surface area contributed by atoms with Crippen LogP contribution in [0.3, 0.4) is 0 Å². The summed E-state index contributed by atoms with van der Waals surface area (Å²) in [5.74, 6) is 0.424. The number of pyridine rings is 1. The predicted molar refractivity (Wildman–Crippen MR) is 87.2 cm³/mol. The summed E-state index contributed by atoms with van der Waals surface area (Å²) in [6, 6.07) is 5.45. The van der Waals surface area contributed by atoms with Gasteiger partial charge in [0.25, 0.3) is 5.56 Å². The van der Waals surface area contributed by atoms with Crippen LogP contribution >= 0.6 is 11.5 Å². The van der Waals surface area contributed by atoms with Crippen molar-refractivity contribution in [3.05, 3.63) is 45.2 Å². The Bertz CT molecular complexity index is 909. The number of hydrogen-bond donors (Lipinski definition) is 1. The summed E-state index contributed by atoms with van der Waals surface area (Å²) in [7, 11) is 0. The maximum atomic E-state index is 12.5. The molecule has 114 valence electrons. The first kappa shape index (κ1) is 14.6. The molecule has 0 bridgehead atoms. The molecule has 3 rings (SSSR count). The van der Waals surface area contributed by atoms with Crippen molar-refractivity contribution in [1.82, 2.24) is 18.9 Å². The van der Waals surface area contributed by atoms with Gasteiger partial charge in [-0.05, 0) is 36.0 Å². The molecule has 0 saturated heterocycles. The standard InChI is InChI=1S/C15H16N4O2S/c1-9(2)6-8-19-14(20)13-12(17-15(19)21)11(18-22-13)10-5-3-4-7-16-10/h3-5,7,9H,6,8H2,1-2H3,(H,17,21). The van der Waals surface area contributed by atoms with Crippen LogP contribution in [0.25, 0.3) is 21.6 Å². The fraction of sp³-hybridized carbons (Fsp3) is 0.333. The number of aromatic nitrogens is 4. The van der Waals surface area contributed by atoms with E-state index < -0.39 is 5.69 Å². The second-order valence-electron chi connectivity index (χ2n) is 5.52. The first-order valence-electron chi connectivity index (χ1n) is 7.12. The Kier molecular flexibility index (Phi) is 3.89. The molecule has 0 aliphatic rings. The summed E-state index contributed by atoms with van der Waals surface area (Å²) < 4.78 is 6.01. The van der Waals surface area contributed by atoms with Crippen LogP contribution in [0.1, 0.15) is 20.3 Å². The Morgan fingerprint density at radius 3 is 2.82 bits per heavy atom. The van der Waals surface area contributed by atoms with E-state index in [-0.39, 0.29) is 5.56 Å². The van der Waals surface area contributed by atoms with Gasteiger partial charge in [0.2, 0.25) is 0 Å². The molecule has 0 unspecified atom stereocenters. The summed E-state index contributed by atoms with van der Waals surface area (Å²) in [5.41, 5.74) is 0.989. The Morgan fingerprint density at radius 1 is 1.32 bits per heavy atom. The van der Waals surface area contributed by atoms with Gasteiger partial charge >= 0.3 is 5.69 Å². The Hall–Kier alpha value is -2.28. The quantitative estimate of drug-likeness (QED) is 0.800. The van der Waals surface area contributed by atoms with Gasteiger partial charge in [0.1, 0.15) is 10.4 Å². The Balaban J connectivity index is 2.15. The van der Waals surface area contributed by atoms with E-state index in [4.69, 9.17) is 0 Å². The van der Waals surface area contributed by atoms with Crippen LogP contribution in [-0.4, -0.2) is 18.9 Å². The third-order valence-corrected chi connectivity index (χ3v) is 4.28. The fourth-order valence-electron chi connectivity index (χ4n) is 2.21. The molecular weight excluding hydrogens is 300 g/mol. The number of nitrogens with zero attached hydrogens (tertiary/aromatic N) is 3. The lowest BCUT2D eigenvalue weighted by Crippen LogP contribution is -2.34. The van der Waals surface area contributed by atoms with E-state index in [0.717, 1.165) is 18.0 Å². The maximum Gasteiger partial charge on any atom is 0.328 e. The van der Waals surface area contributed by atoms with Gasteiger partial charge in [0.15, 0.2) is 0 Å². The number of nitrogens with one attached hydrogen (secondary N) is 1. The second-order valence-corrected chi connectivity index (χ2v) is 6.29. The highest BCUT2D eigenvalue weighted by atomic mass is 32.1. The molecule has 22 heavy (non-hydrogen) atoms. The molecule has 7 heteroatoms. The lowest BCUT2D eigenvalue weighted by atomic mass is 10.1. The minimum absolute atomic E-state index is 0.279. The monoisotopic (exact) mass is 316 g/mol. The highest BCUT2D eigenvalue weighted by Crippen LogP contribution is 2.24. The second kappa shape index (κ2) is 5.84. The summed E-state index contributed by atoms with van der Waals surface area (Å²) in [5, 5.41) is 0. The van der Waals surface area contributed by atoms with Gasteiger partial charge < -0.3 is 4.98 Å².